The van der Waals surface area contributed by atoms with Gasteiger partial charge in [-0.2, -0.15) is 0 Å². The minimum atomic E-state index is 1.08. The molecular formula is C12H21. The number of hydrogen-bond acceptors (Lipinski definition) is 0. The third-order valence-electron chi connectivity index (χ3n) is 1.74. The van der Waals surface area contributed by atoms with E-state index in [1.807, 2.05) is 0 Å². The van der Waals surface area contributed by atoms with Crippen molar-refractivity contribution in [3.05, 3.63) is 31.2 Å². The molecule has 0 rings (SSSR count). The van der Waals surface area contributed by atoms with Crippen LogP contribution < -0.4 is 0 Å². The summed E-state index contributed by atoms with van der Waals surface area (Å²) in [5.41, 5.74) is 0. The van der Waals surface area contributed by atoms with Gasteiger partial charge in [0.2, 0.25) is 0 Å². The quantitative estimate of drug-likeness (QED) is 0.390. The first-order valence-electron chi connectivity index (χ1n) is 5.02. The summed E-state index contributed by atoms with van der Waals surface area (Å²) in [5.74, 6) is 0. The average molecular weight is 165 g/mol. The van der Waals surface area contributed by atoms with Crippen molar-refractivity contribution >= 4 is 0 Å². The second-order valence-electron chi connectivity index (χ2n) is 2.97. The van der Waals surface area contributed by atoms with Gasteiger partial charge in [0.1, 0.15) is 0 Å². The van der Waals surface area contributed by atoms with Gasteiger partial charge in [-0.3, -0.25) is 0 Å². The van der Waals surface area contributed by atoms with Crippen molar-refractivity contribution in [2.45, 2.75) is 45.4 Å². The molecule has 0 atom stereocenters. The van der Waals surface area contributed by atoms with Gasteiger partial charge in [-0.15, -0.1) is 0 Å². The Hall–Kier alpha value is -0.520. The number of allylic oxidation sites excluding steroid dienone is 4. The van der Waals surface area contributed by atoms with Gasteiger partial charge in [0.25, 0.3) is 0 Å². The second-order valence-corrected chi connectivity index (χ2v) is 2.97. The number of rotatable bonds is 7. The minimum absolute atomic E-state index is 1.08. The van der Waals surface area contributed by atoms with Crippen LogP contribution in [0.2, 0.25) is 0 Å². The van der Waals surface area contributed by atoms with E-state index >= 15 is 0 Å². The molecule has 0 bridgehead atoms. The van der Waals surface area contributed by atoms with Crippen LogP contribution in [0.1, 0.15) is 45.4 Å². The molecule has 0 unspecified atom stereocenters. The van der Waals surface area contributed by atoms with Crippen LogP contribution in [0, 0.1) is 6.92 Å². The highest BCUT2D eigenvalue weighted by molar-refractivity contribution is 5.01. The topological polar surface area (TPSA) is 0 Å². The number of hydrogen-bond donors (Lipinski definition) is 0. The molecule has 0 saturated heterocycles. The zero-order valence-corrected chi connectivity index (χ0v) is 8.26. The van der Waals surface area contributed by atoms with E-state index in [2.05, 4.69) is 38.2 Å². The molecule has 0 amide bonds. The smallest absolute Gasteiger partial charge is 0.0348 e. The second kappa shape index (κ2) is 10.5. The summed E-state index contributed by atoms with van der Waals surface area (Å²) < 4.78 is 0. The Morgan fingerprint density at radius 2 is 1.75 bits per heavy atom. The molecule has 0 spiro atoms. The molecule has 0 heterocycles. The van der Waals surface area contributed by atoms with Gasteiger partial charge < -0.3 is 0 Å². The van der Waals surface area contributed by atoms with Gasteiger partial charge in [0, 0.05) is 0 Å². The van der Waals surface area contributed by atoms with Crippen molar-refractivity contribution in [2.75, 3.05) is 0 Å². The van der Waals surface area contributed by atoms with Crippen LogP contribution in [-0.4, -0.2) is 0 Å². The first kappa shape index (κ1) is 11.5. The Morgan fingerprint density at radius 1 is 1.00 bits per heavy atom. The van der Waals surface area contributed by atoms with E-state index < -0.39 is 0 Å². The molecule has 0 nitrogen and oxygen atoms in total. The third-order valence-corrected chi connectivity index (χ3v) is 1.74. The maximum Gasteiger partial charge on any atom is -0.0348 e. The molecule has 0 aliphatic carbocycles. The first-order valence-corrected chi connectivity index (χ1v) is 5.02. The van der Waals surface area contributed by atoms with Crippen LogP contribution in [0.5, 0.6) is 0 Å². The minimum Gasteiger partial charge on any atom is -0.0848 e. The summed E-state index contributed by atoms with van der Waals surface area (Å²) in [6, 6.07) is 0. The predicted octanol–water partition coefficient (Wildman–Crippen LogP) is 4.29. The summed E-state index contributed by atoms with van der Waals surface area (Å²) in [6.07, 6.45) is 16.0. The fourth-order valence-corrected chi connectivity index (χ4v) is 1.01. The van der Waals surface area contributed by atoms with Gasteiger partial charge in [-0.05, 0) is 19.3 Å². The molecule has 0 aliphatic rings. The normalized spacial score (nSPS) is 11.8. The Kier molecular flexibility index (Phi) is 10.0. The predicted molar refractivity (Wildman–Crippen MR) is 57.0 cm³/mol. The first-order chi connectivity index (χ1) is 5.91. The van der Waals surface area contributed by atoms with Crippen molar-refractivity contribution in [1.82, 2.24) is 0 Å². The van der Waals surface area contributed by atoms with Crippen molar-refractivity contribution in [2.24, 2.45) is 0 Å². The van der Waals surface area contributed by atoms with E-state index in [1.54, 1.807) is 0 Å². The fraction of sp³-hybridized carbons (Fsp3) is 0.583. The molecule has 69 valence electrons. The highest BCUT2D eigenvalue weighted by atomic mass is 13.9. The molecule has 0 saturated carbocycles. The standard InChI is InChI=1S/C12H21/c1-3-5-7-9-11-12-10-8-6-4-2/h6,8,10,12H,1,3-5,7,9,11H2,2H3/b8-6+,12-10+. The van der Waals surface area contributed by atoms with Gasteiger partial charge in [-0.25, -0.2) is 0 Å². The van der Waals surface area contributed by atoms with Crippen molar-refractivity contribution in [1.29, 1.82) is 0 Å². The summed E-state index contributed by atoms with van der Waals surface area (Å²) >= 11 is 0. The maximum absolute atomic E-state index is 3.81. The molecule has 1 radical (unpaired) electrons. The molecule has 0 aliphatic heterocycles. The lowest BCUT2D eigenvalue weighted by Crippen LogP contribution is -1.73. The molecule has 0 aromatic heterocycles. The maximum atomic E-state index is 3.81. The van der Waals surface area contributed by atoms with Crippen LogP contribution >= 0.6 is 0 Å². The monoisotopic (exact) mass is 165 g/mol. The molecule has 0 fully saturated rings. The molecule has 0 N–H and O–H groups in total. The summed E-state index contributed by atoms with van der Waals surface area (Å²) in [7, 11) is 0. The average Bonchev–Trinajstić information content (AvgIpc) is 2.10. The summed E-state index contributed by atoms with van der Waals surface area (Å²) in [5, 5.41) is 0. The van der Waals surface area contributed by atoms with Gasteiger partial charge in [-0.1, -0.05) is 57.4 Å². The van der Waals surface area contributed by atoms with Crippen molar-refractivity contribution in [3.8, 4) is 0 Å². The van der Waals surface area contributed by atoms with Crippen LogP contribution in [0.4, 0.5) is 0 Å². The highest BCUT2D eigenvalue weighted by Gasteiger charge is 1.82. The zero-order valence-electron chi connectivity index (χ0n) is 8.26. The SMILES string of the molecule is [CH2]CCCCC/C=C/C=C/CC. The van der Waals surface area contributed by atoms with Crippen LogP contribution in [0.3, 0.4) is 0 Å². The Bertz CT molecular complexity index is 120. The van der Waals surface area contributed by atoms with Crippen LogP contribution in [0.25, 0.3) is 0 Å². The van der Waals surface area contributed by atoms with E-state index in [1.165, 1.54) is 25.7 Å². The lowest BCUT2D eigenvalue weighted by atomic mass is 10.1. The van der Waals surface area contributed by atoms with E-state index in [4.69, 9.17) is 0 Å². The Balaban J connectivity index is 3.07. The lowest BCUT2D eigenvalue weighted by molar-refractivity contribution is 0.695. The van der Waals surface area contributed by atoms with E-state index in [0.717, 1.165) is 12.8 Å². The third kappa shape index (κ3) is 9.48. The van der Waals surface area contributed by atoms with Crippen molar-refractivity contribution in [3.63, 3.8) is 0 Å². The highest BCUT2D eigenvalue weighted by Crippen LogP contribution is 2.02. The molecule has 0 heteroatoms. The lowest BCUT2D eigenvalue weighted by Gasteiger charge is -1.92. The zero-order chi connectivity index (χ0) is 9.07. The van der Waals surface area contributed by atoms with E-state index in [0.29, 0.717) is 0 Å². The van der Waals surface area contributed by atoms with Crippen LogP contribution in [-0.2, 0) is 0 Å². The van der Waals surface area contributed by atoms with Gasteiger partial charge in [0.05, 0.1) is 0 Å². The van der Waals surface area contributed by atoms with E-state index in [-0.39, 0.29) is 0 Å². The Morgan fingerprint density at radius 3 is 2.42 bits per heavy atom. The van der Waals surface area contributed by atoms with Gasteiger partial charge in [0.15, 0.2) is 0 Å². The van der Waals surface area contributed by atoms with Crippen LogP contribution in [0.15, 0.2) is 24.3 Å². The molecule has 0 aromatic rings. The van der Waals surface area contributed by atoms with E-state index in [9.17, 15) is 0 Å². The summed E-state index contributed by atoms with van der Waals surface area (Å²) in [6.45, 7) is 5.97. The van der Waals surface area contributed by atoms with Gasteiger partial charge >= 0.3 is 0 Å². The largest absolute Gasteiger partial charge is 0.0848 e. The molecule has 12 heavy (non-hydrogen) atoms. The summed E-state index contributed by atoms with van der Waals surface area (Å²) in [4.78, 5) is 0. The fourth-order valence-electron chi connectivity index (χ4n) is 1.01. The molecular weight excluding hydrogens is 144 g/mol. The van der Waals surface area contributed by atoms with Crippen molar-refractivity contribution < 1.29 is 0 Å². The number of unbranched alkanes of at least 4 members (excludes halogenated alkanes) is 4. The molecule has 0 aromatic carbocycles. The Labute approximate surface area is 77.4 Å².